The molecule has 0 fully saturated rings. The molecular formula is C12H20O2. The molecule has 0 rings (SSSR count). The van der Waals surface area contributed by atoms with Crippen molar-refractivity contribution in [3.05, 3.63) is 29.2 Å². The van der Waals surface area contributed by atoms with E-state index in [0.717, 1.165) is 12.8 Å². The summed E-state index contributed by atoms with van der Waals surface area (Å²) < 4.78 is 0. The third-order valence-electron chi connectivity index (χ3n) is 1.61. The number of hydrogen-bond acceptors (Lipinski definition) is 2. The summed E-state index contributed by atoms with van der Waals surface area (Å²) in [5.41, 5.74) is 5.53. The fraction of sp³-hybridized carbons (Fsp3) is 0.583. The van der Waals surface area contributed by atoms with Crippen LogP contribution in [0.15, 0.2) is 29.2 Å². The molecule has 2 nitrogen and oxygen atoms in total. The quantitative estimate of drug-likeness (QED) is 0.161. The Hall–Kier alpha value is -0.980. The Morgan fingerprint density at radius 1 is 1.29 bits per heavy atom. The van der Waals surface area contributed by atoms with E-state index in [2.05, 4.69) is 30.5 Å². The summed E-state index contributed by atoms with van der Waals surface area (Å²) in [6, 6.07) is 0. The molecule has 0 N–H and O–H groups in total. The van der Waals surface area contributed by atoms with Gasteiger partial charge in [0.1, 0.15) is 0 Å². The normalized spacial score (nSPS) is 8.86. The summed E-state index contributed by atoms with van der Waals surface area (Å²) in [4.78, 5) is 9.39. The van der Waals surface area contributed by atoms with Crippen LogP contribution in [-0.4, -0.2) is 6.61 Å². The molecule has 0 saturated carbocycles. The van der Waals surface area contributed by atoms with Crippen LogP contribution in [0, 0.1) is 0 Å². The van der Waals surface area contributed by atoms with E-state index >= 15 is 0 Å². The van der Waals surface area contributed by atoms with E-state index in [0.29, 0.717) is 6.61 Å². The predicted molar refractivity (Wildman–Crippen MR) is 58.6 cm³/mol. The van der Waals surface area contributed by atoms with Gasteiger partial charge in [-0.1, -0.05) is 17.4 Å². The average Bonchev–Trinajstić information content (AvgIpc) is 2.12. The zero-order valence-corrected chi connectivity index (χ0v) is 9.59. The van der Waals surface area contributed by atoms with E-state index in [1.807, 2.05) is 13.8 Å². The highest BCUT2D eigenvalue weighted by Crippen LogP contribution is 2.04. The molecule has 0 aliphatic carbocycles. The molecule has 0 unspecified atom stereocenters. The minimum Gasteiger partial charge on any atom is -0.337 e. The maximum absolute atomic E-state index is 4.71. The molecule has 0 amide bonds. The monoisotopic (exact) mass is 196 g/mol. The fourth-order valence-electron chi connectivity index (χ4n) is 0.876. The van der Waals surface area contributed by atoms with Crippen molar-refractivity contribution < 1.29 is 9.78 Å². The van der Waals surface area contributed by atoms with E-state index < -0.39 is 0 Å². The van der Waals surface area contributed by atoms with Crippen LogP contribution >= 0.6 is 0 Å². The minimum absolute atomic E-state index is 0.551. The van der Waals surface area contributed by atoms with Gasteiger partial charge in [-0.2, -0.15) is 4.89 Å². The second-order valence-corrected chi connectivity index (χ2v) is 3.37. The van der Waals surface area contributed by atoms with Gasteiger partial charge in [0.2, 0.25) is 0 Å². The first-order chi connectivity index (χ1) is 6.66. The lowest BCUT2D eigenvalue weighted by Crippen LogP contribution is -1.83. The van der Waals surface area contributed by atoms with Crippen LogP contribution in [-0.2, 0) is 9.78 Å². The van der Waals surface area contributed by atoms with E-state index in [4.69, 9.17) is 4.89 Å². The lowest BCUT2D eigenvalue weighted by molar-refractivity contribution is -0.244. The van der Waals surface area contributed by atoms with E-state index in [-0.39, 0.29) is 0 Å². The van der Waals surface area contributed by atoms with Crippen LogP contribution in [0.2, 0.25) is 0 Å². The fourth-order valence-corrected chi connectivity index (χ4v) is 0.876. The molecule has 0 heterocycles. The first kappa shape index (κ1) is 13.0. The molecule has 0 spiro atoms. The van der Waals surface area contributed by atoms with E-state index in [9.17, 15) is 0 Å². The summed E-state index contributed by atoms with van der Waals surface area (Å²) in [6.45, 7) is 8.67. The first-order valence-electron chi connectivity index (χ1n) is 4.99. The lowest BCUT2D eigenvalue weighted by atomic mass is 10.1. The molecular weight excluding hydrogens is 176 g/mol. The van der Waals surface area contributed by atoms with Gasteiger partial charge >= 0.3 is 0 Å². The highest BCUT2D eigenvalue weighted by Gasteiger charge is 1.86. The first-order valence-corrected chi connectivity index (χ1v) is 4.99. The SMILES string of the molecule is CCOOC=C=C(C)CCC=C(C)C. The van der Waals surface area contributed by atoms with Crippen LogP contribution in [0.1, 0.15) is 40.5 Å². The number of rotatable bonds is 6. The van der Waals surface area contributed by atoms with Crippen molar-refractivity contribution >= 4 is 0 Å². The molecule has 0 radical (unpaired) electrons. The third kappa shape index (κ3) is 9.11. The summed E-state index contributed by atoms with van der Waals surface area (Å²) in [6.07, 6.45) is 5.75. The molecule has 0 bridgehead atoms. The Morgan fingerprint density at radius 2 is 2.00 bits per heavy atom. The van der Waals surface area contributed by atoms with Gasteiger partial charge in [0.15, 0.2) is 6.26 Å². The largest absolute Gasteiger partial charge is 0.337 e. The maximum atomic E-state index is 4.71. The minimum atomic E-state index is 0.551. The van der Waals surface area contributed by atoms with Gasteiger partial charge in [-0.05, 0) is 46.1 Å². The highest BCUT2D eigenvalue weighted by atomic mass is 17.2. The van der Waals surface area contributed by atoms with Gasteiger partial charge in [0.05, 0.1) is 6.61 Å². The van der Waals surface area contributed by atoms with Crippen molar-refractivity contribution in [2.45, 2.75) is 40.5 Å². The van der Waals surface area contributed by atoms with Crippen molar-refractivity contribution in [3.63, 3.8) is 0 Å². The van der Waals surface area contributed by atoms with E-state index in [1.54, 1.807) is 0 Å². The Bertz CT molecular complexity index is 229. The van der Waals surface area contributed by atoms with Crippen LogP contribution < -0.4 is 0 Å². The zero-order valence-electron chi connectivity index (χ0n) is 9.59. The van der Waals surface area contributed by atoms with Crippen LogP contribution in [0.4, 0.5) is 0 Å². The molecule has 0 aliphatic rings. The van der Waals surface area contributed by atoms with Crippen molar-refractivity contribution in [2.24, 2.45) is 0 Å². The second kappa shape index (κ2) is 8.61. The highest BCUT2D eigenvalue weighted by molar-refractivity contribution is 5.00. The summed E-state index contributed by atoms with van der Waals surface area (Å²) >= 11 is 0. The third-order valence-corrected chi connectivity index (χ3v) is 1.61. The summed E-state index contributed by atoms with van der Waals surface area (Å²) in [5.74, 6) is 0. The topological polar surface area (TPSA) is 18.5 Å². The molecule has 0 aromatic rings. The standard InChI is InChI=1S/C12H20O2/c1-5-13-14-10-9-12(4)8-6-7-11(2)3/h7,10H,5-6,8H2,1-4H3. The van der Waals surface area contributed by atoms with Crippen molar-refractivity contribution in [2.75, 3.05) is 6.61 Å². The molecule has 2 heteroatoms. The molecule has 0 aromatic heterocycles. The molecule has 0 atom stereocenters. The van der Waals surface area contributed by atoms with Crippen molar-refractivity contribution in [1.82, 2.24) is 0 Å². The molecule has 80 valence electrons. The average molecular weight is 196 g/mol. The lowest BCUT2D eigenvalue weighted by Gasteiger charge is -1.95. The molecule has 0 aromatic carbocycles. The van der Waals surface area contributed by atoms with Crippen molar-refractivity contribution in [3.8, 4) is 0 Å². The number of allylic oxidation sites excluding steroid dienone is 3. The Morgan fingerprint density at radius 3 is 2.57 bits per heavy atom. The summed E-state index contributed by atoms with van der Waals surface area (Å²) in [5, 5.41) is 0. The Kier molecular flexibility index (Phi) is 8.01. The van der Waals surface area contributed by atoms with Crippen LogP contribution in [0.25, 0.3) is 0 Å². The van der Waals surface area contributed by atoms with Crippen LogP contribution in [0.5, 0.6) is 0 Å². The smallest absolute Gasteiger partial charge is 0.171 e. The van der Waals surface area contributed by atoms with Crippen LogP contribution in [0.3, 0.4) is 0 Å². The van der Waals surface area contributed by atoms with E-state index in [1.165, 1.54) is 17.4 Å². The second-order valence-electron chi connectivity index (χ2n) is 3.37. The van der Waals surface area contributed by atoms with Gasteiger partial charge in [0.25, 0.3) is 0 Å². The molecule has 14 heavy (non-hydrogen) atoms. The Labute approximate surface area is 86.8 Å². The zero-order chi connectivity index (χ0) is 10.8. The molecule has 0 aliphatic heterocycles. The van der Waals surface area contributed by atoms with Gasteiger partial charge < -0.3 is 4.89 Å². The van der Waals surface area contributed by atoms with Crippen molar-refractivity contribution in [1.29, 1.82) is 0 Å². The van der Waals surface area contributed by atoms with Gasteiger partial charge in [-0.15, -0.1) is 0 Å². The number of hydrogen-bond donors (Lipinski definition) is 0. The summed E-state index contributed by atoms with van der Waals surface area (Å²) in [7, 11) is 0. The van der Waals surface area contributed by atoms with Gasteiger partial charge in [0, 0.05) is 0 Å². The predicted octanol–water partition coefficient (Wildman–Crippen LogP) is 3.76. The maximum Gasteiger partial charge on any atom is 0.171 e. The molecule has 0 saturated heterocycles. The van der Waals surface area contributed by atoms with Gasteiger partial charge in [-0.25, -0.2) is 0 Å². The Balaban J connectivity index is 3.76. The van der Waals surface area contributed by atoms with Gasteiger partial charge in [-0.3, -0.25) is 0 Å².